The Morgan fingerprint density at radius 3 is 2.80 bits per heavy atom. The maximum Gasteiger partial charge on any atom is 0.213 e. The molecule has 106 valence electrons. The van der Waals surface area contributed by atoms with Crippen LogP contribution in [0.2, 0.25) is 0 Å². The minimum Gasteiger partial charge on any atom is -0.478 e. The minimum absolute atomic E-state index is 0.160. The van der Waals surface area contributed by atoms with Gasteiger partial charge in [0.2, 0.25) is 5.88 Å². The first kappa shape index (κ1) is 14.8. The fourth-order valence-electron chi connectivity index (χ4n) is 1.87. The molecule has 1 unspecified atom stereocenters. The van der Waals surface area contributed by atoms with Crippen molar-refractivity contribution < 1.29 is 9.13 Å². The minimum atomic E-state index is -0.230. The molecular weight excluding hydrogens is 323 g/mol. The Kier molecular flexibility index (Phi) is 4.95. The Morgan fingerprint density at radius 2 is 2.15 bits per heavy atom. The average Bonchev–Trinajstić information content (AvgIpc) is 2.44. The van der Waals surface area contributed by atoms with Gasteiger partial charge in [-0.15, -0.1) is 0 Å². The van der Waals surface area contributed by atoms with E-state index in [1.165, 1.54) is 6.07 Å². The smallest absolute Gasteiger partial charge is 0.213 e. The van der Waals surface area contributed by atoms with Gasteiger partial charge in [-0.3, -0.25) is 0 Å². The number of anilines is 1. The number of pyridine rings is 1. The first-order valence-corrected chi connectivity index (χ1v) is 7.19. The lowest BCUT2D eigenvalue weighted by atomic mass is 10.1. The molecule has 0 aliphatic heterocycles. The number of hydrogen-bond donors (Lipinski definition) is 1. The fraction of sp³-hybridized carbons (Fsp3) is 0.267. The summed E-state index contributed by atoms with van der Waals surface area (Å²) < 4.78 is 19.9. The molecule has 0 fully saturated rings. The number of hydrogen-bond acceptors (Lipinski definition) is 3. The van der Waals surface area contributed by atoms with E-state index in [0.717, 1.165) is 10.2 Å². The summed E-state index contributed by atoms with van der Waals surface area (Å²) in [5, 5.41) is 3.22. The zero-order chi connectivity index (χ0) is 14.5. The van der Waals surface area contributed by atoms with Crippen molar-refractivity contribution in [2.45, 2.75) is 19.9 Å². The molecule has 20 heavy (non-hydrogen) atoms. The predicted octanol–water partition coefficient (Wildman–Crippen LogP) is 4.56. The van der Waals surface area contributed by atoms with E-state index in [1.807, 2.05) is 19.9 Å². The number of aromatic nitrogens is 1. The molecule has 0 radical (unpaired) electrons. The molecular formula is C15H16BrFN2O. The number of rotatable bonds is 5. The zero-order valence-electron chi connectivity index (χ0n) is 11.4. The van der Waals surface area contributed by atoms with E-state index < -0.39 is 0 Å². The highest BCUT2D eigenvalue weighted by atomic mass is 79.9. The molecule has 1 heterocycles. The van der Waals surface area contributed by atoms with Crippen molar-refractivity contribution in [1.29, 1.82) is 0 Å². The Bertz CT molecular complexity index is 575. The summed E-state index contributed by atoms with van der Waals surface area (Å²) in [7, 11) is 0. The standard InChI is InChI=1S/C15H16BrFN2O/c1-3-20-15-7-5-12(9-18-15)19-10(2)13-8-11(16)4-6-14(13)17/h4-10,19H,3H2,1-2H3. The van der Waals surface area contributed by atoms with E-state index >= 15 is 0 Å². The van der Waals surface area contributed by atoms with Gasteiger partial charge in [-0.05, 0) is 38.1 Å². The quantitative estimate of drug-likeness (QED) is 0.867. The lowest BCUT2D eigenvalue weighted by Crippen LogP contribution is -2.09. The van der Waals surface area contributed by atoms with Gasteiger partial charge >= 0.3 is 0 Å². The van der Waals surface area contributed by atoms with E-state index in [1.54, 1.807) is 24.4 Å². The second-order valence-corrected chi connectivity index (χ2v) is 5.27. The molecule has 3 nitrogen and oxygen atoms in total. The van der Waals surface area contributed by atoms with Crippen LogP contribution in [0.1, 0.15) is 25.5 Å². The van der Waals surface area contributed by atoms with Gasteiger partial charge < -0.3 is 10.1 Å². The number of halogens is 2. The maximum absolute atomic E-state index is 13.8. The van der Waals surface area contributed by atoms with Crippen LogP contribution in [0.4, 0.5) is 10.1 Å². The highest BCUT2D eigenvalue weighted by molar-refractivity contribution is 9.10. The molecule has 0 spiro atoms. The highest BCUT2D eigenvalue weighted by Crippen LogP contribution is 2.25. The molecule has 0 bridgehead atoms. The van der Waals surface area contributed by atoms with Crippen molar-refractivity contribution in [1.82, 2.24) is 4.98 Å². The second kappa shape index (κ2) is 6.70. The largest absolute Gasteiger partial charge is 0.478 e. The summed E-state index contributed by atoms with van der Waals surface area (Å²) in [6, 6.07) is 8.40. The van der Waals surface area contributed by atoms with Crippen molar-refractivity contribution in [3.8, 4) is 5.88 Å². The van der Waals surface area contributed by atoms with Crippen LogP contribution < -0.4 is 10.1 Å². The molecule has 0 aliphatic carbocycles. The van der Waals surface area contributed by atoms with Crippen molar-refractivity contribution in [2.24, 2.45) is 0 Å². The Labute approximate surface area is 126 Å². The van der Waals surface area contributed by atoms with Crippen LogP contribution in [-0.2, 0) is 0 Å². The summed E-state index contributed by atoms with van der Waals surface area (Å²) in [4.78, 5) is 4.17. The second-order valence-electron chi connectivity index (χ2n) is 4.35. The summed E-state index contributed by atoms with van der Waals surface area (Å²) in [6.07, 6.45) is 1.68. The molecule has 2 rings (SSSR count). The van der Waals surface area contributed by atoms with Crippen LogP contribution in [-0.4, -0.2) is 11.6 Å². The van der Waals surface area contributed by atoms with Gasteiger partial charge in [-0.1, -0.05) is 15.9 Å². The Balaban J connectivity index is 2.10. The Morgan fingerprint density at radius 1 is 1.35 bits per heavy atom. The molecule has 0 amide bonds. The summed E-state index contributed by atoms with van der Waals surface area (Å²) in [6.45, 7) is 4.40. The molecule has 1 aromatic carbocycles. The van der Waals surface area contributed by atoms with E-state index in [0.29, 0.717) is 18.1 Å². The van der Waals surface area contributed by atoms with E-state index in [2.05, 4.69) is 26.2 Å². The molecule has 1 atom stereocenters. The topological polar surface area (TPSA) is 34.1 Å². The summed E-state index contributed by atoms with van der Waals surface area (Å²) in [5.74, 6) is 0.353. The molecule has 2 aromatic rings. The van der Waals surface area contributed by atoms with E-state index in [-0.39, 0.29) is 11.9 Å². The lowest BCUT2D eigenvalue weighted by molar-refractivity contribution is 0.327. The van der Waals surface area contributed by atoms with Crippen LogP contribution in [0.15, 0.2) is 41.0 Å². The first-order chi connectivity index (χ1) is 9.60. The number of ether oxygens (including phenoxy) is 1. The molecule has 1 aromatic heterocycles. The highest BCUT2D eigenvalue weighted by Gasteiger charge is 2.11. The average molecular weight is 339 g/mol. The van der Waals surface area contributed by atoms with Crippen molar-refractivity contribution in [2.75, 3.05) is 11.9 Å². The number of nitrogens with zero attached hydrogens (tertiary/aromatic N) is 1. The number of nitrogens with one attached hydrogen (secondary N) is 1. The molecule has 0 aliphatic rings. The molecule has 1 N–H and O–H groups in total. The molecule has 0 saturated heterocycles. The summed E-state index contributed by atoms with van der Waals surface area (Å²) in [5.41, 5.74) is 1.42. The zero-order valence-corrected chi connectivity index (χ0v) is 12.9. The van der Waals surface area contributed by atoms with Gasteiger partial charge in [0, 0.05) is 16.1 Å². The third-order valence-electron chi connectivity index (χ3n) is 2.84. The molecule has 0 saturated carbocycles. The van der Waals surface area contributed by atoms with Crippen LogP contribution in [0, 0.1) is 5.82 Å². The molecule has 5 heteroatoms. The normalized spacial score (nSPS) is 12.0. The van der Waals surface area contributed by atoms with Crippen molar-refractivity contribution in [3.63, 3.8) is 0 Å². The van der Waals surface area contributed by atoms with Crippen LogP contribution >= 0.6 is 15.9 Å². The van der Waals surface area contributed by atoms with E-state index in [4.69, 9.17) is 4.74 Å². The van der Waals surface area contributed by atoms with Crippen molar-refractivity contribution >= 4 is 21.6 Å². The SMILES string of the molecule is CCOc1ccc(NC(C)c2cc(Br)ccc2F)cn1. The predicted molar refractivity (Wildman–Crippen MR) is 81.5 cm³/mol. The summed E-state index contributed by atoms with van der Waals surface area (Å²) >= 11 is 3.35. The van der Waals surface area contributed by atoms with Gasteiger partial charge in [0.15, 0.2) is 0 Å². The number of benzene rings is 1. The lowest BCUT2D eigenvalue weighted by Gasteiger charge is -2.16. The van der Waals surface area contributed by atoms with Gasteiger partial charge in [-0.25, -0.2) is 9.37 Å². The van der Waals surface area contributed by atoms with Gasteiger partial charge in [0.05, 0.1) is 24.5 Å². The van der Waals surface area contributed by atoms with Crippen LogP contribution in [0.25, 0.3) is 0 Å². The third kappa shape index (κ3) is 3.70. The van der Waals surface area contributed by atoms with Gasteiger partial charge in [-0.2, -0.15) is 0 Å². The van der Waals surface area contributed by atoms with Gasteiger partial charge in [0.25, 0.3) is 0 Å². The third-order valence-corrected chi connectivity index (χ3v) is 3.33. The van der Waals surface area contributed by atoms with Crippen molar-refractivity contribution in [3.05, 3.63) is 52.4 Å². The first-order valence-electron chi connectivity index (χ1n) is 6.40. The monoisotopic (exact) mass is 338 g/mol. The Hall–Kier alpha value is -1.62. The van der Waals surface area contributed by atoms with Gasteiger partial charge in [0.1, 0.15) is 5.82 Å². The van der Waals surface area contributed by atoms with E-state index in [9.17, 15) is 4.39 Å². The van der Waals surface area contributed by atoms with Crippen LogP contribution in [0.5, 0.6) is 5.88 Å². The van der Waals surface area contributed by atoms with Crippen LogP contribution in [0.3, 0.4) is 0 Å². The fourth-order valence-corrected chi connectivity index (χ4v) is 2.25. The maximum atomic E-state index is 13.8.